The lowest BCUT2D eigenvalue weighted by Gasteiger charge is -2.29. The Hall–Kier alpha value is -3.01. The number of halogens is 2. The average molecular weight is 464 g/mol. The van der Waals surface area contributed by atoms with Gasteiger partial charge in [-0.1, -0.05) is 20.8 Å². The van der Waals surface area contributed by atoms with Crippen LogP contribution in [0.2, 0.25) is 0 Å². The maximum Gasteiger partial charge on any atom is 0.272 e. The molecule has 2 heterocycles. The molecular formula is C23H31F2N5O3. The maximum absolute atomic E-state index is 14.2. The first-order valence-corrected chi connectivity index (χ1v) is 10.8. The number of ether oxygens (including phenoxy) is 1. The highest BCUT2D eigenvalue weighted by atomic mass is 19.2. The Kier molecular flexibility index (Phi) is 7.06. The third-order valence-corrected chi connectivity index (χ3v) is 5.76. The molecule has 0 radical (unpaired) electrons. The number of methoxy groups -OCH3 is 1. The van der Waals surface area contributed by atoms with Crippen molar-refractivity contribution in [2.75, 3.05) is 27.7 Å². The number of nitrogens with zero attached hydrogens (tertiary/aromatic N) is 3. The standard InChI is InChI=1S/C23H31F2N5O3/c1-23(2,3)19(22(32)26-4)28-21(31)18-16-12-29(5)8-7-9-30(16)20(27-18)13-10-14(24)15(25)11-17(13)33-6/h10-11,19H,7-9,12H2,1-6H3,(H,26,32)(H,28,31). The van der Waals surface area contributed by atoms with E-state index in [0.717, 1.165) is 25.1 Å². The Balaban J connectivity index is 2.14. The molecule has 0 aliphatic carbocycles. The molecule has 1 aromatic carbocycles. The van der Waals surface area contributed by atoms with E-state index < -0.39 is 29.0 Å². The number of carbonyl (C=O) groups is 2. The highest BCUT2D eigenvalue weighted by Gasteiger charge is 2.35. The van der Waals surface area contributed by atoms with E-state index in [2.05, 4.69) is 20.5 Å². The van der Waals surface area contributed by atoms with Crippen molar-refractivity contribution in [3.05, 3.63) is 35.2 Å². The number of benzene rings is 1. The van der Waals surface area contributed by atoms with E-state index in [4.69, 9.17) is 4.74 Å². The summed E-state index contributed by atoms with van der Waals surface area (Å²) >= 11 is 0. The van der Waals surface area contributed by atoms with E-state index in [9.17, 15) is 18.4 Å². The second kappa shape index (κ2) is 9.46. The summed E-state index contributed by atoms with van der Waals surface area (Å²) in [6.45, 7) is 7.32. The summed E-state index contributed by atoms with van der Waals surface area (Å²) in [6.07, 6.45) is 0.781. The Morgan fingerprint density at radius 3 is 2.45 bits per heavy atom. The minimum absolute atomic E-state index is 0.115. The molecule has 10 heteroatoms. The van der Waals surface area contributed by atoms with Gasteiger partial charge in [0.05, 0.1) is 18.4 Å². The molecule has 33 heavy (non-hydrogen) atoms. The van der Waals surface area contributed by atoms with Crippen molar-refractivity contribution in [2.24, 2.45) is 5.41 Å². The van der Waals surface area contributed by atoms with Gasteiger partial charge in [-0.2, -0.15) is 0 Å². The molecule has 1 atom stereocenters. The molecule has 0 spiro atoms. The Labute approximate surface area is 192 Å². The predicted octanol–water partition coefficient (Wildman–Crippen LogP) is 2.56. The molecule has 0 saturated carbocycles. The number of imidazole rings is 1. The zero-order valence-corrected chi connectivity index (χ0v) is 19.9. The molecule has 1 aliphatic heterocycles. The fourth-order valence-electron chi connectivity index (χ4n) is 4.00. The van der Waals surface area contributed by atoms with Crippen molar-refractivity contribution in [2.45, 2.75) is 46.3 Å². The van der Waals surface area contributed by atoms with Gasteiger partial charge in [-0.15, -0.1) is 0 Å². The summed E-state index contributed by atoms with van der Waals surface area (Å²) in [5.74, 6) is -2.47. The normalized spacial score (nSPS) is 15.4. The van der Waals surface area contributed by atoms with Gasteiger partial charge in [-0.3, -0.25) is 9.59 Å². The Morgan fingerprint density at radius 1 is 1.18 bits per heavy atom. The highest BCUT2D eigenvalue weighted by molar-refractivity contribution is 5.98. The second-order valence-electron chi connectivity index (χ2n) is 9.33. The van der Waals surface area contributed by atoms with Crippen LogP contribution in [0, 0.1) is 17.0 Å². The van der Waals surface area contributed by atoms with E-state index in [1.807, 2.05) is 32.4 Å². The predicted molar refractivity (Wildman–Crippen MR) is 120 cm³/mol. The lowest BCUT2D eigenvalue weighted by atomic mass is 9.86. The molecule has 1 unspecified atom stereocenters. The molecule has 2 N–H and O–H groups in total. The number of hydrogen-bond donors (Lipinski definition) is 2. The number of aromatic nitrogens is 2. The monoisotopic (exact) mass is 463 g/mol. The summed E-state index contributed by atoms with van der Waals surface area (Å²) in [4.78, 5) is 32.5. The molecule has 1 aromatic heterocycles. The summed E-state index contributed by atoms with van der Waals surface area (Å²) in [5, 5.41) is 5.40. The molecular weight excluding hydrogens is 432 g/mol. The number of rotatable bonds is 5. The SMILES string of the molecule is CNC(=O)C(NC(=O)c1nc(-c2cc(F)c(F)cc2OC)n2c1CN(C)CCC2)C(C)(C)C. The molecule has 0 bridgehead atoms. The van der Waals surface area contributed by atoms with Gasteiger partial charge < -0.3 is 24.8 Å². The molecule has 2 amide bonds. The van der Waals surface area contributed by atoms with Gasteiger partial charge in [0, 0.05) is 26.2 Å². The van der Waals surface area contributed by atoms with Crippen LogP contribution in [0.1, 0.15) is 43.4 Å². The summed E-state index contributed by atoms with van der Waals surface area (Å²) in [5.41, 5.74) is 0.484. The average Bonchev–Trinajstić information content (AvgIpc) is 2.98. The van der Waals surface area contributed by atoms with Gasteiger partial charge in [0.25, 0.3) is 5.91 Å². The summed E-state index contributed by atoms with van der Waals surface area (Å²) < 4.78 is 35.1. The van der Waals surface area contributed by atoms with Crippen LogP contribution in [-0.2, 0) is 17.9 Å². The van der Waals surface area contributed by atoms with Crippen molar-refractivity contribution in [1.82, 2.24) is 25.1 Å². The third-order valence-electron chi connectivity index (χ3n) is 5.76. The number of carbonyl (C=O) groups excluding carboxylic acids is 2. The first kappa shape index (κ1) is 24.6. The van der Waals surface area contributed by atoms with Crippen LogP contribution in [0.4, 0.5) is 8.78 Å². The molecule has 1 aliphatic rings. The lowest BCUT2D eigenvalue weighted by Crippen LogP contribution is -2.53. The zero-order chi connectivity index (χ0) is 24.5. The van der Waals surface area contributed by atoms with Crippen molar-refractivity contribution in [1.29, 1.82) is 0 Å². The number of amides is 2. The minimum Gasteiger partial charge on any atom is -0.496 e. The first-order chi connectivity index (χ1) is 15.5. The maximum atomic E-state index is 14.2. The van der Waals surface area contributed by atoms with Crippen molar-refractivity contribution >= 4 is 11.8 Å². The van der Waals surface area contributed by atoms with Crippen LogP contribution in [0.3, 0.4) is 0 Å². The molecule has 180 valence electrons. The molecule has 8 nitrogen and oxygen atoms in total. The van der Waals surface area contributed by atoms with Crippen molar-refractivity contribution in [3.8, 4) is 17.1 Å². The fourth-order valence-corrected chi connectivity index (χ4v) is 4.00. The second-order valence-corrected chi connectivity index (χ2v) is 9.33. The smallest absolute Gasteiger partial charge is 0.272 e. The number of hydrogen-bond acceptors (Lipinski definition) is 5. The Morgan fingerprint density at radius 2 is 1.85 bits per heavy atom. The van der Waals surface area contributed by atoms with E-state index in [1.165, 1.54) is 14.2 Å². The van der Waals surface area contributed by atoms with Gasteiger partial charge >= 0.3 is 0 Å². The van der Waals surface area contributed by atoms with Gasteiger partial charge in [0.2, 0.25) is 5.91 Å². The highest BCUT2D eigenvalue weighted by Crippen LogP contribution is 2.34. The van der Waals surface area contributed by atoms with Crippen LogP contribution in [0.5, 0.6) is 5.75 Å². The quantitative estimate of drug-likeness (QED) is 0.712. The van der Waals surface area contributed by atoms with E-state index >= 15 is 0 Å². The van der Waals surface area contributed by atoms with Crippen LogP contribution in [0.15, 0.2) is 12.1 Å². The molecule has 0 saturated heterocycles. The number of nitrogens with one attached hydrogen (secondary N) is 2. The fraction of sp³-hybridized carbons (Fsp3) is 0.522. The van der Waals surface area contributed by atoms with Gasteiger partial charge in [0.15, 0.2) is 17.3 Å². The number of likely N-dealkylation sites (N-methyl/N-ethyl adjacent to an activating group) is 1. The largest absolute Gasteiger partial charge is 0.496 e. The first-order valence-electron chi connectivity index (χ1n) is 10.8. The van der Waals surface area contributed by atoms with E-state index in [0.29, 0.717) is 24.6 Å². The topological polar surface area (TPSA) is 88.5 Å². The van der Waals surface area contributed by atoms with Gasteiger partial charge in [-0.05, 0) is 31.5 Å². The summed E-state index contributed by atoms with van der Waals surface area (Å²) in [7, 11) is 4.81. The van der Waals surface area contributed by atoms with Crippen LogP contribution >= 0.6 is 0 Å². The van der Waals surface area contributed by atoms with Crippen molar-refractivity contribution < 1.29 is 23.1 Å². The Bertz CT molecular complexity index is 1060. The molecule has 0 fully saturated rings. The zero-order valence-electron chi connectivity index (χ0n) is 19.9. The third kappa shape index (κ3) is 5.00. The van der Waals surface area contributed by atoms with Crippen molar-refractivity contribution in [3.63, 3.8) is 0 Å². The number of fused-ring (bicyclic) bond motifs is 1. The van der Waals surface area contributed by atoms with Crippen LogP contribution < -0.4 is 15.4 Å². The molecule has 3 rings (SSSR count). The lowest BCUT2D eigenvalue weighted by molar-refractivity contribution is -0.124. The minimum atomic E-state index is -1.03. The van der Waals surface area contributed by atoms with Gasteiger partial charge in [0.1, 0.15) is 17.6 Å². The van der Waals surface area contributed by atoms with Gasteiger partial charge in [-0.25, -0.2) is 13.8 Å². The summed E-state index contributed by atoms with van der Waals surface area (Å²) in [6, 6.07) is 1.20. The van der Waals surface area contributed by atoms with Crippen LogP contribution in [-0.4, -0.2) is 60.1 Å². The molecule has 2 aromatic rings. The van der Waals surface area contributed by atoms with E-state index in [-0.39, 0.29) is 22.9 Å². The van der Waals surface area contributed by atoms with Crippen LogP contribution in [0.25, 0.3) is 11.4 Å². The van der Waals surface area contributed by atoms with E-state index in [1.54, 1.807) is 0 Å².